The lowest BCUT2D eigenvalue weighted by molar-refractivity contribution is -0.134. The van der Waals surface area contributed by atoms with Crippen molar-refractivity contribution in [1.29, 1.82) is 0 Å². The fourth-order valence-corrected chi connectivity index (χ4v) is 3.44. The van der Waals surface area contributed by atoms with Crippen LogP contribution < -0.4 is 5.32 Å². The molecule has 0 aromatic carbocycles. The van der Waals surface area contributed by atoms with Crippen molar-refractivity contribution in [2.45, 2.75) is 83.9 Å². The summed E-state index contributed by atoms with van der Waals surface area (Å²) in [7, 11) is 0. The molecule has 0 spiro atoms. The van der Waals surface area contributed by atoms with Crippen LogP contribution in [0.25, 0.3) is 0 Å². The van der Waals surface area contributed by atoms with E-state index in [2.05, 4.69) is 26.1 Å². The molecule has 0 radical (unpaired) electrons. The van der Waals surface area contributed by atoms with Crippen LogP contribution in [-0.4, -0.2) is 47.2 Å². The van der Waals surface area contributed by atoms with Crippen molar-refractivity contribution in [1.82, 2.24) is 10.2 Å². The number of nitrogens with one attached hydrogen (secondary N) is 1. The highest BCUT2D eigenvalue weighted by Crippen LogP contribution is 2.23. The Morgan fingerprint density at radius 1 is 1.05 bits per heavy atom. The monoisotopic (exact) mass is 296 g/mol. The Balaban J connectivity index is 1.69. The molecule has 2 aliphatic rings. The molecule has 21 heavy (non-hydrogen) atoms. The van der Waals surface area contributed by atoms with Crippen molar-refractivity contribution in [2.24, 2.45) is 5.41 Å². The highest BCUT2D eigenvalue weighted by atomic mass is 16.3. The summed E-state index contributed by atoms with van der Waals surface area (Å²) in [5.74, 6) is 0.307. The van der Waals surface area contributed by atoms with Crippen LogP contribution >= 0.6 is 0 Å². The Hall–Kier alpha value is -0.610. The van der Waals surface area contributed by atoms with Gasteiger partial charge in [0, 0.05) is 31.6 Å². The van der Waals surface area contributed by atoms with E-state index in [-0.39, 0.29) is 11.5 Å². The number of piperidine rings is 1. The quantitative estimate of drug-likeness (QED) is 0.840. The molecule has 2 N–H and O–H groups in total. The highest BCUT2D eigenvalue weighted by molar-refractivity contribution is 5.76. The first kappa shape index (κ1) is 16.8. The van der Waals surface area contributed by atoms with E-state index in [1.54, 1.807) is 0 Å². The number of carbonyl (C=O) groups is 1. The Morgan fingerprint density at radius 3 is 2.10 bits per heavy atom. The molecule has 1 amide bonds. The molecule has 122 valence electrons. The molecule has 4 heteroatoms. The van der Waals surface area contributed by atoms with Crippen molar-refractivity contribution in [3.8, 4) is 0 Å². The molecule has 1 saturated carbocycles. The molecule has 2 rings (SSSR count). The molecular formula is C17H32N2O2. The second-order valence-corrected chi connectivity index (χ2v) is 8.06. The lowest BCUT2D eigenvalue weighted by Gasteiger charge is -2.37. The molecule has 2 fully saturated rings. The molecule has 0 aromatic rings. The first-order valence-corrected chi connectivity index (χ1v) is 8.55. The molecular weight excluding hydrogens is 264 g/mol. The summed E-state index contributed by atoms with van der Waals surface area (Å²) >= 11 is 0. The summed E-state index contributed by atoms with van der Waals surface area (Å²) in [5.41, 5.74) is 0.0785. The third kappa shape index (κ3) is 5.59. The maximum absolute atomic E-state index is 12.2. The molecule has 1 aliphatic heterocycles. The summed E-state index contributed by atoms with van der Waals surface area (Å²) < 4.78 is 0. The van der Waals surface area contributed by atoms with Gasteiger partial charge in [-0.05, 0) is 43.9 Å². The van der Waals surface area contributed by atoms with E-state index in [0.717, 1.165) is 51.6 Å². The van der Waals surface area contributed by atoms with E-state index in [1.807, 2.05) is 4.90 Å². The van der Waals surface area contributed by atoms with Crippen LogP contribution in [0.15, 0.2) is 0 Å². The van der Waals surface area contributed by atoms with Gasteiger partial charge in [-0.2, -0.15) is 0 Å². The Kier molecular flexibility index (Phi) is 5.67. The average molecular weight is 296 g/mol. The second kappa shape index (κ2) is 7.10. The zero-order chi connectivity index (χ0) is 15.5. The SMILES string of the molecule is CC(C)(C)CC(=O)N1CCC(NC2CCC(O)CC2)CC1. The van der Waals surface area contributed by atoms with Crippen LogP contribution in [-0.2, 0) is 4.79 Å². The topological polar surface area (TPSA) is 52.6 Å². The van der Waals surface area contributed by atoms with Crippen LogP contribution in [0.3, 0.4) is 0 Å². The average Bonchev–Trinajstić information content (AvgIpc) is 2.40. The van der Waals surface area contributed by atoms with E-state index in [9.17, 15) is 9.90 Å². The normalized spacial score (nSPS) is 28.7. The number of carbonyl (C=O) groups excluding carboxylic acids is 1. The van der Waals surface area contributed by atoms with Gasteiger partial charge >= 0.3 is 0 Å². The maximum atomic E-state index is 12.2. The molecule has 4 nitrogen and oxygen atoms in total. The minimum atomic E-state index is -0.0834. The zero-order valence-corrected chi connectivity index (χ0v) is 13.9. The van der Waals surface area contributed by atoms with Crippen LogP contribution in [0.4, 0.5) is 0 Å². The van der Waals surface area contributed by atoms with Gasteiger partial charge < -0.3 is 15.3 Å². The second-order valence-electron chi connectivity index (χ2n) is 8.06. The predicted molar refractivity (Wildman–Crippen MR) is 85.1 cm³/mol. The Morgan fingerprint density at radius 2 is 1.57 bits per heavy atom. The fourth-order valence-electron chi connectivity index (χ4n) is 3.44. The number of hydrogen-bond donors (Lipinski definition) is 2. The third-order valence-corrected chi connectivity index (χ3v) is 4.70. The summed E-state index contributed by atoms with van der Waals surface area (Å²) in [4.78, 5) is 14.3. The molecule has 0 atom stereocenters. The van der Waals surface area contributed by atoms with E-state index in [1.165, 1.54) is 0 Å². The molecule has 1 heterocycles. The summed E-state index contributed by atoms with van der Waals surface area (Å²) in [6.07, 6.45) is 6.73. The number of nitrogens with zero attached hydrogens (tertiary/aromatic N) is 1. The smallest absolute Gasteiger partial charge is 0.223 e. The van der Waals surface area contributed by atoms with E-state index < -0.39 is 0 Å². The van der Waals surface area contributed by atoms with Crippen molar-refractivity contribution in [3.63, 3.8) is 0 Å². The van der Waals surface area contributed by atoms with E-state index in [0.29, 0.717) is 24.4 Å². The van der Waals surface area contributed by atoms with Gasteiger partial charge in [-0.3, -0.25) is 4.79 Å². The van der Waals surface area contributed by atoms with Gasteiger partial charge in [0.1, 0.15) is 0 Å². The standard InChI is InChI=1S/C17H32N2O2/c1-17(2,3)12-16(21)19-10-8-14(9-11-19)18-13-4-6-15(20)7-5-13/h13-15,18,20H,4-12H2,1-3H3. The van der Waals surface area contributed by atoms with Crippen LogP contribution in [0, 0.1) is 5.41 Å². The van der Waals surface area contributed by atoms with Crippen molar-refractivity contribution >= 4 is 5.91 Å². The lowest BCUT2D eigenvalue weighted by Crippen LogP contribution is -2.49. The van der Waals surface area contributed by atoms with Crippen molar-refractivity contribution < 1.29 is 9.90 Å². The number of amides is 1. The van der Waals surface area contributed by atoms with Gasteiger partial charge in [-0.1, -0.05) is 20.8 Å². The molecule has 0 bridgehead atoms. The van der Waals surface area contributed by atoms with Crippen molar-refractivity contribution in [2.75, 3.05) is 13.1 Å². The first-order valence-electron chi connectivity index (χ1n) is 8.55. The van der Waals surface area contributed by atoms with Gasteiger partial charge in [-0.15, -0.1) is 0 Å². The maximum Gasteiger partial charge on any atom is 0.223 e. The summed E-state index contributed by atoms with van der Waals surface area (Å²) in [5, 5.41) is 13.3. The van der Waals surface area contributed by atoms with Crippen LogP contribution in [0.1, 0.15) is 65.7 Å². The predicted octanol–water partition coefficient (Wildman–Crippen LogP) is 2.31. The number of aliphatic hydroxyl groups excluding tert-OH is 1. The van der Waals surface area contributed by atoms with E-state index >= 15 is 0 Å². The Bertz CT molecular complexity index is 335. The zero-order valence-electron chi connectivity index (χ0n) is 13.9. The minimum Gasteiger partial charge on any atom is -0.393 e. The van der Waals surface area contributed by atoms with Crippen LogP contribution in [0.5, 0.6) is 0 Å². The van der Waals surface area contributed by atoms with Crippen molar-refractivity contribution in [3.05, 3.63) is 0 Å². The number of hydrogen-bond acceptors (Lipinski definition) is 3. The lowest BCUT2D eigenvalue weighted by atomic mass is 9.90. The molecule has 1 saturated heterocycles. The van der Waals surface area contributed by atoms with Gasteiger partial charge in [-0.25, -0.2) is 0 Å². The molecule has 1 aliphatic carbocycles. The van der Waals surface area contributed by atoms with Gasteiger partial charge in [0.2, 0.25) is 5.91 Å². The fraction of sp³-hybridized carbons (Fsp3) is 0.941. The van der Waals surface area contributed by atoms with Gasteiger partial charge in [0.25, 0.3) is 0 Å². The van der Waals surface area contributed by atoms with E-state index in [4.69, 9.17) is 0 Å². The summed E-state index contributed by atoms with van der Waals surface area (Å²) in [6, 6.07) is 1.11. The Labute approximate surface area is 129 Å². The van der Waals surface area contributed by atoms with Gasteiger partial charge in [0.05, 0.1) is 6.10 Å². The third-order valence-electron chi connectivity index (χ3n) is 4.70. The number of aliphatic hydroxyl groups is 1. The number of likely N-dealkylation sites (tertiary alicyclic amines) is 1. The number of rotatable bonds is 3. The largest absolute Gasteiger partial charge is 0.393 e. The highest BCUT2D eigenvalue weighted by Gasteiger charge is 2.28. The summed E-state index contributed by atoms with van der Waals surface area (Å²) in [6.45, 7) is 8.15. The minimum absolute atomic E-state index is 0.0785. The molecule has 0 aromatic heterocycles. The van der Waals surface area contributed by atoms with Crippen LogP contribution in [0.2, 0.25) is 0 Å². The molecule has 0 unspecified atom stereocenters. The van der Waals surface area contributed by atoms with Gasteiger partial charge in [0.15, 0.2) is 0 Å². The first-order chi connectivity index (χ1) is 9.83.